The number of H-pyrrole nitrogens is 1. The molecule has 1 fully saturated rings. The molecular formula is C11H17N3O4S. The van der Waals surface area contributed by atoms with Crippen molar-refractivity contribution in [1.29, 1.82) is 0 Å². The third-order valence-electron chi connectivity index (χ3n) is 3.42. The van der Waals surface area contributed by atoms with E-state index < -0.39 is 26.8 Å². The van der Waals surface area contributed by atoms with E-state index in [1.165, 1.54) is 6.20 Å². The van der Waals surface area contributed by atoms with Crippen molar-refractivity contribution in [3.05, 3.63) is 17.7 Å². The van der Waals surface area contributed by atoms with Crippen molar-refractivity contribution in [2.45, 2.75) is 43.9 Å². The predicted molar refractivity (Wildman–Crippen MR) is 68.3 cm³/mol. The molecule has 0 aromatic carbocycles. The minimum atomic E-state index is -3.43. The van der Waals surface area contributed by atoms with Gasteiger partial charge in [0.25, 0.3) is 0 Å². The van der Waals surface area contributed by atoms with Gasteiger partial charge < -0.3 is 10.1 Å². The number of rotatable bonds is 5. The van der Waals surface area contributed by atoms with Gasteiger partial charge >= 0.3 is 5.97 Å². The smallest absolute Gasteiger partial charge is 0.353 e. The lowest BCUT2D eigenvalue weighted by Crippen LogP contribution is -2.53. The molecule has 0 saturated heterocycles. The highest BCUT2D eigenvalue weighted by Crippen LogP contribution is 2.40. The van der Waals surface area contributed by atoms with Crippen molar-refractivity contribution in [1.82, 2.24) is 14.7 Å². The molecule has 1 aliphatic carbocycles. The fraction of sp³-hybridized carbons (Fsp3) is 0.636. The molecule has 8 heteroatoms. The van der Waals surface area contributed by atoms with E-state index in [2.05, 4.69) is 14.7 Å². The molecule has 1 aliphatic rings. The first-order valence-electron chi connectivity index (χ1n) is 6.08. The molecule has 3 N–H and O–H groups in total. The number of imidazole rings is 1. The standard InChI is InChI=1S/C11H17N3O4S/c1-7(2)19(17,18)14-11(4-3-5-11)10-12-6-8(13-10)9(15)16/h6-7,14H,3-5H2,1-2H3,(H,12,13)(H,15,16). The largest absolute Gasteiger partial charge is 0.477 e. The minimum absolute atomic E-state index is 0.0370. The molecule has 2 rings (SSSR count). The third kappa shape index (κ3) is 2.50. The number of hydrogen-bond acceptors (Lipinski definition) is 4. The van der Waals surface area contributed by atoms with E-state index in [0.29, 0.717) is 18.7 Å². The van der Waals surface area contributed by atoms with Gasteiger partial charge in [-0.2, -0.15) is 0 Å². The Morgan fingerprint density at radius 2 is 2.16 bits per heavy atom. The van der Waals surface area contributed by atoms with Gasteiger partial charge in [0.1, 0.15) is 11.5 Å². The van der Waals surface area contributed by atoms with Gasteiger partial charge in [-0.3, -0.25) is 0 Å². The van der Waals surface area contributed by atoms with Crippen molar-refractivity contribution >= 4 is 16.0 Å². The zero-order valence-electron chi connectivity index (χ0n) is 10.8. The number of aromatic nitrogens is 2. The van der Waals surface area contributed by atoms with Crippen LogP contribution in [0.3, 0.4) is 0 Å². The van der Waals surface area contributed by atoms with E-state index in [-0.39, 0.29) is 5.69 Å². The van der Waals surface area contributed by atoms with Gasteiger partial charge in [0.05, 0.1) is 17.0 Å². The maximum absolute atomic E-state index is 12.0. The Kier molecular flexibility index (Phi) is 3.40. The van der Waals surface area contributed by atoms with Crippen LogP contribution in [0.25, 0.3) is 0 Å². The van der Waals surface area contributed by atoms with E-state index in [9.17, 15) is 13.2 Å². The summed E-state index contributed by atoms with van der Waals surface area (Å²) in [5.74, 6) is -0.736. The monoisotopic (exact) mass is 287 g/mol. The second kappa shape index (κ2) is 4.61. The fourth-order valence-electron chi connectivity index (χ4n) is 1.98. The minimum Gasteiger partial charge on any atom is -0.477 e. The van der Waals surface area contributed by atoms with Crippen LogP contribution >= 0.6 is 0 Å². The molecule has 19 heavy (non-hydrogen) atoms. The van der Waals surface area contributed by atoms with Crippen LogP contribution in [0.2, 0.25) is 0 Å². The summed E-state index contributed by atoms with van der Waals surface area (Å²) in [6.07, 6.45) is 3.32. The number of hydrogen-bond donors (Lipinski definition) is 3. The van der Waals surface area contributed by atoms with Crippen LogP contribution in [0.15, 0.2) is 6.20 Å². The summed E-state index contributed by atoms with van der Waals surface area (Å²) in [6, 6.07) is 0. The summed E-state index contributed by atoms with van der Waals surface area (Å²) < 4.78 is 26.6. The van der Waals surface area contributed by atoms with Crippen LogP contribution in [0.5, 0.6) is 0 Å². The predicted octanol–water partition coefficient (Wildman–Crippen LogP) is 0.815. The van der Waals surface area contributed by atoms with E-state index in [1.54, 1.807) is 13.8 Å². The number of aromatic carboxylic acids is 1. The summed E-state index contributed by atoms with van der Waals surface area (Å²) in [5.41, 5.74) is -0.818. The topological polar surface area (TPSA) is 112 Å². The van der Waals surface area contributed by atoms with Gasteiger partial charge in [0.15, 0.2) is 0 Å². The highest BCUT2D eigenvalue weighted by molar-refractivity contribution is 7.90. The fourth-order valence-corrected chi connectivity index (χ4v) is 3.06. The van der Waals surface area contributed by atoms with E-state index in [1.807, 2.05) is 0 Å². The molecule has 1 aromatic heterocycles. The molecule has 0 amide bonds. The summed E-state index contributed by atoms with van der Waals surface area (Å²) in [5, 5.41) is 8.32. The number of carboxylic acids is 1. The average molecular weight is 287 g/mol. The van der Waals surface area contributed by atoms with Crippen LogP contribution in [-0.2, 0) is 15.6 Å². The summed E-state index contributed by atoms with van der Waals surface area (Å²) in [4.78, 5) is 17.5. The Bertz CT molecular complexity index is 587. The first kappa shape index (κ1) is 14.0. The maximum Gasteiger partial charge on any atom is 0.353 e. The van der Waals surface area contributed by atoms with Gasteiger partial charge in [-0.25, -0.2) is 22.9 Å². The highest BCUT2D eigenvalue weighted by Gasteiger charge is 2.45. The Labute approximate surface area is 111 Å². The molecule has 7 nitrogen and oxygen atoms in total. The number of carboxylic acid groups (broad SMARTS) is 1. The SMILES string of the molecule is CC(C)S(=O)(=O)NC1(c2ncc(C(=O)O)[nH]2)CCC1. The number of carbonyl (C=O) groups is 1. The van der Waals surface area contributed by atoms with Crippen LogP contribution in [0.1, 0.15) is 49.4 Å². The molecule has 0 spiro atoms. The molecule has 0 bridgehead atoms. The molecule has 0 atom stereocenters. The number of nitrogens with one attached hydrogen (secondary N) is 2. The van der Waals surface area contributed by atoms with Crippen molar-refractivity contribution in [2.24, 2.45) is 0 Å². The zero-order chi connectivity index (χ0) is 14.3. The van der Waals surface area contributed by atoms with Crippen LogP contribution in [0.4, 0.5) is 0 Å². The Morgan fingerprint density at radius 3 is 2.53 bits per heavy atom. The lowest BCUT2D eigenvalue weighted by atomic mass is 9.77. The second-order valence-electron chi connectivity index (χ2n) is 5.08. The van der Waals surface area contributed by atoms with Gasteiger partial charge in [-0.1, -0.05) is 0 Å². The molecule has 0 aliphatic heterocycles. The van der Waals surface area contributed by atoms with Crippen LogP contribution < -0.4 is 4.72 Å². The molecule has 0 unspecified atom stereocenters. The lowest BCUT2D eigenvalue weighted by Gasteiger charge is -2.40. The van der Waals surface area contributed by atoms with E-state index in [4.69, 9.17) is 5.11 Å². The van der Waals surface area contributed by atoms with Crippen molar-refractivity contribution < 1.29 is 18.3 Å². The Hall–Kier alpha value is -1.41. The maximum atomic E-state index is 12.0. The van der Waals surface area contributed by atoms with Gasteiger partial charge in [-0.05, 0) is 33.1 Å². The van der Waals surface area contributed by atoms with Crippen molar-refractivity contribution in [3.8, 4) is 0 Å². The molecule has 1 saturated carbocycles. The third-order valence-corrected chi connectivity index (χ3v) is 5.34. The number of sulfonamides is 1. The van der Waals surface area contributed by atoms with Gasteiger partial charge in [0.2, 0.25) is 10.0 Å². The summed E-state index contributed by atoms with van der Waals surface area (Å²) >= 11 is 0. The molecule has 0 radical (unpaired) electrons. The average Bonchev–Trinajstić information content (AvgIpc) is 2.72. The second-order valence-corrected chi connectivity index (χ2v) is 7.32. The van der Waals surface area contributed by atoms with E-state index in [0.717, 1.165) is 6.42 Å². The first-order valence-corrected chi connectivity index (χ1v) is 7.63. The Balaban J connectivity index is 2.30. The molecular weight excluding hydrogens is 270 g/mol. The molecule has 1 heterocycles. The molecule has 1 aromatic rings. The quantitative estimate of drug-likeness (QED) is 0.742. The summed E-state index contributed by atoms with van der Waals surface area (Å²) in [7, 11) is -3.43. The van der Waals surface area contributed by atoms with Crippen molar-refractivity contribution in [3.63, 3.8) is 0 Å². The van der Waals surface area contributed by atoms with Crippen LogP contribution in [-0.4, -0.2) is 34.7 Å². The number of nitrogens with zero attached hydrogens (tertiary/aromatic N) is 1. The van der Waals surface area contributed by atoms with Gasteiger partial charge in [0, 0.05) is 0 Å². The number of aromatic amines is 1. The highest BCUT2D eigenvalue weighted by atomic mass is 32.2. The van der Waals surface area contributed by atoms with Gasteiger partial charge in [-0.15, -0.1) is 0 Å². The molecule has 106 valence electrons. The van der Waals surface area contributed by atoms with Crippen LogP contribution in [0, 0.1) is 0 Å². The lowest BCUT2D eigenvalue weighted by molar-refractivity contribution is 0.0690. The normalized spacial score (nSPS) is 18.3. The zero-order valence-corrected chi connectivity index (χ0v) is 11.6. The van der Waals surface area contributed by atoms with E-state index >= 15 is 0 Å². The summed E-state index contributed by atoms with van der Waals surface area (Å²) in [6.45, 7) is 3.19. The first-order chi connectivity index (χ1) is 8.77. The van der Waals surface area contributed by atoms with Crippen molar-refractivity contribution in [2.75, 3.05) is 0 Å². The Morgan fingerprint density at radius 1 is 1.53 bits per heavy atom.